The van der Waals surface area contributed by atoms with E-state index in [-0.39, 0.29) is 54.5 Å². The summed E-state index contributed by atoms with van der Waals surface area (Å²) in [5.41, 5.74) is 2.55. The van der Waals surface area contributed by atoms with Crippen molar-refractivity contribution in [3.63, 3.8) is 0 Å². The molecule has 11 heteroatoms. The number of carbonyl (C=O) groups is 2. The van der Waals surface area contributed by atoms with Crippen molar-refractivity contribution in [1.29, 1.82) is 0 Å². The highest BCUT2D eigenvalue weighted by Gasteiger charge is 2.38. The standard InChI is InChI=1S/C31H38N4O6S/c1-21-18-35(22(2)20-36)42(39,40)29-13-12-24(23-9-8-10-25(15-23)31(38)33(3)4)16-27(29)41-28(21)19-34(5)30(37)17-26-11-6-7-14-32-26/h6-16,21-22,28,36H,17-20H2,1-5H3/t21-,22+,28+/m0/s1. The second kappa shape index (κ2) is 13.0. The minimum Gasteiger partial charge on any atom is -0.487 e. The summed E-state index contributed by atoms with van der Waals surface area (Å²) >= 11 is 0. The van der Waals surface area contributed by atoms with E-state index in [0.717, 1.165) is 5.56 Å². The molecule has 1 aromatic heterocycles. The molecule has 224 valence electrons. The topological polar surface area (TPSA) is 120 Å². The van der Waals surface area contributed by atoms with Gasteiger partial charge in [-0.15, -0.1) is 0 Å². The fourth-order valence-electron chi connectivity index (χ4n) is 4.88. The zero-order valence-electron chi connectivity index (χ0n) is 24.6. The van der Waals surface area contributed by atoms with Crippen molar-refractivity contribution in [3.05, 3.63) is 78.1 Å². The molecular formula is C31H38N4O6S. The summed E-state index contributed by atoms with van der Waals surface area (Å²) in [4.78, 5) is 32.9. The lowest BCUT2D eigenvalue weighted by atomic mass is 10.0. The second-order valence-corrected chi connectivity index (χ2v) is 12.8. The molecule has 0 fully saturated rings. The molecule has 0 bridgehead atoms. The molecule has 2 aromatic carbocycles. The van der Waals surface area contributed by atoms with Crippen LogP contribution in [0.15, 0.2) is 71.8 Å². The first-order valence-electron chi connectivity index (χ1n) is 13.8. The third-order valence-electron chi connectivity index (χ3n) is 7.45. The van der Waals surface area contributed by atoms with Crippen molar-refractivity contribution >= 4 is 21.8 Å². The van der Waals surface area contributed by atoms with E-state index in [0.29, 0.717) is 16.8 Å². The lowest BCUT2D eigenvalue weighted by molar-refractivity contribution is -0.130. The highest BCUT2D eigenvalue weighted by molar-refractivity contribution is 7.89. The number of pyridine rings is 1. The van der Waals surface area contributed by atoms with Gasteiger partial charge in [0, 0.05) is 57.1 Å². The van der Waals surface area contributed by atoms with Crippen LogP contribution in [0, 0.1) is 5.92 Å². The number of benzene rings is 2. The average molecular weight is 595 g/mol. The molecule has 0 radical (unpaired) electrons. The van der Waals surface area contributed by atoms with Gasteiger partial charge in [0.05, 0.1) is 19.6 Å². The fourth-order valence-corrected chi connectivity index (χ4v) is 6.70. The molecule has 3 atom stereocenters. The van der Waals surface area contributed by atoms with Crippen LogP contribution in [0.2, 0.25) is 0 Å². The predicted molar refractivity (Wildman–Crippen MR) is 159 cm³/mol. The number of aliphatic hydroxyl groups excluding tert-OH is 1. The molecule has 0 saturated heterocycles. The molecule has 0 saturated carbocycles. The zero-order valence-corrected chi connectivity index (χ0v) is 25.4. The molecule has 1 N–H and O–H groups in total. The monoisotopic (exact) mass is 594 g/mol. The number of aromatic nitrogens is 1. The molecular weight excluding hydrogens is 556 g/mol. The first-order valence-corrected chi connectivity index (χ1v) is 15.3. The Kier molecular flexibility index (Phi) is 9.65. The van der Waals surface area contributed by atoms with Crippen LogP contribution in [0.5, 0.6) is 5.75 Å². The van der Waals surface area contributed by atoms with Crippen LogP contribution in [0.4, 0.5) is 0 Å². The number of rotatable bonds is 8. The molecule has 0 spiro atoms. The number of fused-ring (bicyclic) bond motifs is 1. The van der Waals surface area contributed by atoms with E-state index in [2.05, 4.69) is 4.98 Å². The number of sulfonamides is 1. The highest BCUT2D eigenvalue weighted by Crippen LogP contribution is 2.37. The molecule has 0 aliphatic carbocycles. The maximum absolute atomic E-state index is 13.8. The van der Waals surface area contributed by atoms with E-state index < -0.39 is 22.2 Å². The minimum atomic E-state index is -4.03. The van der Waals surface area contributed by atoms with E-state index in [1.54, 1.807) is 81.6 Å². The van der Waals surface area contributed by atoms with Gasteiger partial charge in [-0.2, -0.15) is 4.31 Å². The summed E-state index contributed by atoms with van der Waals surface area (Å²) < 4.78 is 35.4. The van der Waals surface area contributed by atoms with Crippen LogP contribution in [0.25, 0.3) is 11.1 Å². The van der Waals surface area contributed by atoms with Crippen molar-refractivity contribution in [1.82, 2.24) is 19.1 Å². The predicted octanol–water partition coefficient (Wildman–Crippen LogP) is 2.92. The van der Waals surface area contributed by atoms with Gasteiger partial charge in [0.15, 0.2) is 0 Å². The summed E-state index contributed by atoms with van der Waals surface area (Å²) in [5.74, 6) is -0.468. The number of carbonyl (C=O) groups excluding carboxylic acids is 2. The summed E-state index contributed by atoms with van der Waals surface area (Å²) in [5, 5.41) is 9.92. The third kappa shape index (κ3) is 6.80. The lowest BCUT2D eigenvalue weighted by Gasteiger charge is -2.37. The molecule has 42 heavy (non-hydrogen) atoms. The van der Waals surface area contributed by atoms with Crippen LogP contribution in [0.1, 0.15) is 29.9 Å². The average Bonchev–Trinajstić information content (AvgIpc) is 2.98. The zero-order chi connectivity index (χ0) is 30.6. The summed E-state index contributed by atoms with van der Waals surface area (Å²) in [7, 11) is 1.02. The number of amides is 2. The van der Waals surface area contributed by atoms with Gasteiger partial charge in [0.25, 0.3) is 5.91 Å². The largest absolute Gasteiger partial charge is 0.487 e. The number of aliphatic hydroxyl groups is 1. The minimum absolute atomic E-state index is 0.0218. The van der Waals surface area contributed by atoms with Gasteiger partial charge in [-0.1, -0.05) is 31.2 Å². The van der Waals surface area contributed by atoms with E-state index in [9.17, 15) is 23.1 Å². The summed E-state index contributed by atoms with van der Waals surface area (Å²) in [6.45, 7) is 3.50. The highest BCUT2D eigenvalue weighted by atomic mass is 32.2. The summed E-state index contributed by atoms with van der Waals surface area (Å²) in [6.07, 6.45) is 1.21. The number of nitrogens with zero attached hydrogens (tertiary/aromatic N) is 4. The van der Waals surface area contributed by atoms with Gasteiger partial charge in [0.1, 0.15) is 16.7 Å². The normalized spacial score (nSPS) is 19.0. The van der Waals surface area contributed by atoms with E-state index in [1.807, 2.05) is 19.1 Å². The molecule has 10 nitrogen and oxygen atoms in total. The Morgan fingerprint density at radius 2 is 1.81 bits per heavy atom. The van der Waals surface area contributed by atoms with Gasteiger partial charge >= 0.3 is 0 Å². The molecule has 4 rings (SSSR count). The Morgan fingerprint density at radius 3 is 2.48 bits per heavy atom. The first kappa shape index (κ1) is 31.1. The van der Waals surface area contributed by atoms with Gasteiger partial charge in [0.2, 0.25) is 15.9 Å². The Morgan fingerprint density at radius 1 is 1.07 bits per heavy atom. The van der Waals surface area contributed by atoms with Crippen molar-refractivity contribution < 1.29 is 27.9 Å². The van der Waals surface area contributed by atoms with Gasteiger partial charge in [-0.05, 0) is 54.4 Å². The van der Waals surface area contributed by atoms with Gasteiger partial charge < -0.3 is 19.6 Å². The first-order chi connectivity index (χ1) is 19.9. The molecule has 0 unspecified atom stereocenters. The van der Waals surface area contributed by atoms with E-state index in [4.69, 9.17) is 4.74 Å². The Bertz CT molecular complexity index is 1530. The van der Waals surface area contributed by atoms with Crippen molar-refractivity contribution in [2.24, 2.45) is 5.92 Å². The maximum atomic E-state index is 13.8. The van der Waals surface area contributed by atoms with Crippen LogP contribution in [0.3, 0.4) is 0 Å². The van der Waals surface area contributed by atoms with E-state index >= 15 is 0 Å². The van der Waals surface area contributed by atoms with Gasteiger partial charge in [-0.25, -0.2) is 8.42 Å². The van der Waals surface area contributed by atoms with Crippen LogP contribution in [-0.2, 0) is 21.2 Å². The third-order valence-corrected chi connectivity index (χ3v) is 9.47. The number of likely N-dealkylation sites (N-methyl/N-ethyl adjacent to an activating group) is 1. The summed E-state index contributed by atoms with van der Waals surface area (Å²) in [6, 6.07) is 16.7. The molecule has 1 aliphatic heterocycles. The van der Waals surface area contributed by atoms with Crippen molar-refractivity contribution in [3.8, 4) is 16.9 Å². The smallest absolute Gasteiger partial charge is 0.253 e. The molecule has 2 amide bonds. The second-order valence-electron chi connectivity index (χ2n) is 11.0. The van der Waals surface area contributed by atoms with E-state index in [1.165, 1.54) is 15.3 Å². The molecule has 2 heterocycles. The van der Waals surface area contributed by atoms with Crippen molar-refractivity contribution in [2.75, 3.05) is 40.8 Å². The molecule has 1 aliphatic rings. The lowest BCUT2D eigenvalue weighted by Crippen LogP contribution is -2.50. The number of hydrogen-bond acceptors (Lipinski definition) is 7. The SMILES string of the molecule is C[C@H](CO)N1C[C@H](C)[C@@H](CN(C)C(=O)Cc2ccccn2)Oc2cc(-c3cccc(C(=O)N(C)C)c3)ccc2S1(=O)=O. The molecule has 3 aromatic rings. The van der Waals surface area contributed by atoms with Gasteiger partial charge in [-0.3, -0.25) is 14.6 Å². The van der Waals surface area contributed by atoms with Crippen LogP contribution < -0.4 is 4.74 Å². The number of ether oxygens (including phenoxy) is 1. The number of hydrogen-bond donors (Lipinski definition) is 1. The Hall–Kier alpha value is -3.80. The Labute approximate surface area is 247 Å². The van der Waals surface area contributed by atoms with Crippen LogP contribution in [-0.4, -0.2) is 97.4 Å². The maximum Gasteiger partial charge on any atom is 0.253 e. The quantitative estimate of drug-likeness (QED) is 0.426. The fraction of sp³-hybridized carbons (Fsp3) is 0.387. The van der Waals surface area contributed by atoms with Crippen LogP contribution >= 0.6 is 0 Å². The Balaban J connectivity index is 1.72. The van der Waals surface area contributed by atoms with Crippen molar-refractivity contribution in [2.45, 2.75) is 37.3 Å².